The van der Waals surface area contributed by atoms with Crippen LogP contribution in [0.25, 0.3) is 0 Å². The number of hydrogen-bond acceptors (Lipinski definition) is 1. The molecule has 0 aliphatic carbocycles. The van der Waals surface area contributed by atoms with E-state index in [9.17, 15) is 0 Å². The van der Waals surface area contributed by atoms with Crippen molar-refractivity contribution in [3.63, 3.8) is 0 Å². The van der Waals surface area contributed by atoms with Crippen LogP contribution in [-0.4, -0.2) is 26.0 Å². The van der Waals surface area contributed by atoms with Gasteiger partial charge in [-0.05, 0) is 21.1 Å². The summed E-state index contributed by atoms with van der Waals surface area (Å²) in [5, 5.41) is 0. The zero-order valence-electron chi connectivity index (χ0n) is 3.80. The molecule has 0 amide bonds. The summed E-state index contributed by atoms with van der Waals surface area (Å²) in [6, 6.07) is 0. The Labute approximate surface area is 46.1 Å². The van der Waals surface area contributed by atoms with Crippen molar-refractivity contribution >= 4 is 0 Å². The van der Waals surface area contributed by atoms with E-state index in [4.69, 9.17) is 0 Å². The van der Waals surface area contributed by atoms with E-state index in [1.807, 2.05) is 26.0 Å². The molecule has 0 saturated heterocycles. The topological polar surface area (TPSA) is 3.24 Å². The molecule has 0 aromatic rings. The van der Waals surface area contributed by atoms with Gasteiger partial charge in [-0.15, -0.1) is 0 Å². The largest absolute Gasteiger partial charge is 3.00 e. The van der Waals surface area contributed by atoms with Gasteiger partial charge in [0.2, 0.25) is 0 Å². The van der Waals surface area contributed by atoms with Crippen molar-refractivity contribution in [3.05, 3.63) is 0 Å². The summed E-state index contributed by atoms with van der Waals surface area (Å²) in [4.78, 5) is 2.00. The predicted octanol–water partition coefficient (Wildman–Crippen LogP) is 0.175. The van der Waals surface area contributed by atoms with Crippen molar-refractivity contribution in [3.8, 4) is 0 Å². The Hall–Kier alpha value is 0.583. The maximum atomic E-state index is 2.00. The Morgan fingerprint density at radius 3 is 1.00 bits per heavy atom. The van der Waals surface area contributed by atoms with E-state index >= 15 is 0 Å². The maximum Gasteiger partial charge on any atom is 3.00 e. The van der Waals surface area contributed by atoms with Crippen LogP contribution >= 0.6 is 0 Å². The van der Waals surface area contributed by atoms with E-state index < -0.39 is 0 Å². The second-order valence-corrected chi connectivity index (χ2v) is 1.34. The molecule has 0 aliphatic heterocycles. The van der Waals surface area contributed by atoms with Gasteiger partial charge in [-0.1, -0.05) is 0 Å². The van der Waals surface area contributed by atoms with Gasteiger partial charge in [-0.3, -0.25) is 0 Å². The van der Waals surface area contributed by atoms with Crippen LogP contribution in [0.4, 0.5) is 0 Å². The normalized spacial score (nSPS) is 7.20. The van der Waals surface area contributed by atoms with Crippen molar-refractivity contribution in [2.45, 2.75) is 0 Å². The summed E-state index contributed by atoms with van der Waals surface area (Å²) in [6.45, 7) is 0. The summed E-state index contributed by atoms with van der Waals surface area (Å²) in [5.41, 5.74) is 0. The minimum Gasteiger partial charge on any atom is -0.312 e. The van der Waals surface area contributed by atoms with Gasteiger partial charge in [0.15, 0.2) is 0 Å². The van der Waals surface area contributed by atoms with Gasteiger partial charge in [0, 0.05) is 0 Å². The standard InChI is InChI=1S/C3H9N.Ru/c1-4(2)3;/h1-3H3;/q;+3. The number of rotatable bonds is 0. The molecule has 0 N–H and O–H groups in total. The maximum absolute atomic E-state index is 2.00. The first kappa shape index (κ1) is 9.13. The molecule has 0 aromatic carbocycles. The molecule has 1 nitrogen and oxygen atoms in total. The monoisotopic (exact) mass is 161 g/mol. The van der Waals surface area contributed by atoms with Gasteiger partial charge >= 0.3 is 19.5 Å². The molecule has 0 saturated carbocycles. The van der Waals surface area contributed by atoms with Gasteiger partial charge in [-0.2, -0.15) is 0 Å². The molecule has 2 heteroatoms. The zero-order chi connectivity index (χ0) is 3.58. The molecular weight excluding hydrogens is 151 g/mol. The Morgan fingerprint density at radius 2 is 1.00 bits per heavy atom. The minimum atomic E-state index is 0. The van der Waals surface area contributed by atoms with Crippen LogP contribution in [0.2, 0.25) is 0 Å². The van der Waals surface area contributed by atoms with Gasteiger partial charge in [0.05, 0.1) is 0 Å². The Morgan fingerprint density at radius 1 is 1.00 bits per heavy atom. The van der Waals surface area contributed by atoms with Crippen LogP contribution in [-0.2, 0) is 19.5 Å². The van der Waals surface area contributed by atoms with Crippen molar-refractivity contribution in [2.24, 2.45) is 0 Å². The van der Waals surface area contributed by atoms with E-state index in [1.54, 1.807) is 0 Å². The van der Waals surface area contributed by atoms with Crippen molar-refractivity contribution < 1.29 is 19.5 Å². The fraction of sp³-hybridized carbons (Fsp3) is 1.00. The third-order valence-electron chi connectivity index (χ3n) is 0. The Bertz CT molecular complexity index is 11.6. The van der Waals surface area contributed by atoms with E-state index in [2.05, 4.69) is 0 Å². The molecule has 0 atom stereocenters. The number of hydrogen-bond donors (Lipinski definition) is 0. The molecule has 0 rings (SSSR count). The number of nitrogens with zero attached hydrogens (tertiary/aromatic N) is 1. The van der Waals surface area contributed by atoms with E-state index in [0.717, 1.165) is 0 Å². The zero-order valence-corrected chi connectivity index (χ0v) is 5.54. The van der Waals surface area contributed by atoms with Crippen LogP contribution in [0.1, 0.15) is 0 Å². The first-order valence-electron chi connectivity index (χ1n) is 1.34. The fourth-order valence-electron chi connectivity index (χ4n) is 0. The average molecular weight is 160 g/mol. The second kappa shape index (κ2) is 4.58. The molecule has 0 spiro atoms. The molecule has 31 valence electrons. The van der Waals surface area contributed by atoms with Crippen molar-refractivity contribution in [1.29, 1.82) is 0 Å². The van der Waals surface area contributed by atoms with Gasteiger partial charge in [-0.25, -0.2) is 0 Å². The fourth-order valence-corrected chi connectivity index (χ4v) is 0. The van der Waals surface area contributed by atoms with Crippen LogP contribution < -0.4 is 0 Å². The summed E-state index contributed by atoms with van der Waals surface area (Å²) < 4.78 is 0. The summed E-state index contributed by atoms with van der Waals surface area (Å²) in [6.07, 6.45) is 0. The van der Waals surface area contributed by atoms with Crippen LogP contribution in [0, 0.1) is 0 Å². The second-order valence-electron chi connectivity index (χ2n) is 1.34. The third-order valence-corrected chi connectivity index (χ3v) is 0. The molecule has 0 aliphatic rings. The van der Waals surface area contributed by atoms with Crippen molar-refractivity contribution in [2.75, 3.05) is 21.1 Å². The van der Waals surface area contributed by atoms with Crippen molar-refractivity contribution in [1.82, 2.24) is 4.90 Å². The van der Waals surface area contributed by atoms with Gasteiger partial charge in [0.25, 0.3) is 0 Å². The molecular formula is C3H9NRu+3. The average Bonchev–Trinajstić information content (AvgIpc) is 0.811. The molecule has 0 bridgehead atoms. The Kier molecular flexibility index (Phi) is 8.37. The van der Waals surface area contributed by atoms with Gasteiger partial charge < -0.3 is 4.90 Å². The smallest absolute Gasteiger partial charge is 0.312 e. The molecule has 0 fully saturated rings. The first-order chi connectivity index (χ1) is 1.73. The quantitative estimate of drug-likeness (QED) is 0.457. The van der Waals surface area contributed by atoms with Gasteiger partial charge in [0.1, 0.15) is 0 Å². The van der Waals surface area contributed by atoms with Crippen LogP contribution in [0.5, 0.6) is 0 Å². The molecule has 0 aromatic heterocycles. The predicted molar refractivity (Wildman–Crippen MR) is 19.6 cm³/mol. The molecule has 0 unspecified atom stereocenters. The molecule has 1 radical (unpaired) electrons. The molecule has 0 heterocycles. The van der Waals surface area contributed by atoms with E-state index in [1.165, 1.54) is 0 Å². The Balaban J connectivity index is 0. The van der Waals surface area contributed by atoms with Crippen LogP contribution in [0.15, 0.2) is 0 Å². The summed E-state index contributed by atoms with van der Waals surface area (Å²) >= 11 is 0. The SMILES string of the molecule is CN(C)C.[Ru+3]. The minimum absolute atomic E-state index is 0. The van der Waals surface area contributed by atoms with E-state index in [-0.39, 0.29) is 19.5 Å². The van der Waals surface area contributed by atoms with Crippen LogP contribution in [0.3, 0.4) is 0 Å². The van der Waals surface area contributed by atoms with E-state index in [0.29, 0.717) is 0 Å². The summed E-state index contributed by atoms with van der Waals surface area (Å²) in [5.74, 6) is 0. The third kappa shape index (κ3) is 89.9. The summed E-state index contributed by atoms with van der Waals surface area (Å²) in [7, 11) is 6.00. The first-order valence-corrected chi connectivity index (χ1v) is 1.34. The molecule has 5 heavy (non-hydrogen) atoms.